The van der Waals surface area contributed by atoms with E-state index in [1.807, 2.05) is 51.2 Å². The molecule has 2 fully saturated rings. The number of methoxy groups -OCH3 is 1. The van der Waals surface area contributed by atoms with Crippen LogP contribution in [0, 0.1) is 17.3 Å². The molecule has 15 nitrogen and oxygen atoms in total. The predicted molar refractivity (Wildman–Crippen MR) is 246 cm³/mol. The van der Waals surface area contributed by atoms with Crippen molar-refractivity contribution in [2.24, 2.45) is 5.41 Å². The van der Waals surface area contributed by atoms with Crippen LogP contribution >= 0.6 is 11.3 Å². The maximum absolute atomic E-state index is 14.3. The molecule has 6 bridgehead atoms. The SMILES string of the molecule is CCn1c(-c2cccnc2C(C)OC)c2c3cc(ccc31)-c1csc(n1)C[C@H](NC(=O)CCOC1CN(C(=O)C#CC(C)(C)N(C)C)C1)C(=O)N1CCC[C@H](N1)C(=O)OCC(C)(C)C2. The lowest BCUT2D eigenvalue weighted by molar-refractivity contribution is -0.155. The smallest absolute Gasteiger partial charge is 0.324 e. The van der Waals surface area contributed by atoms with E-state index in [2.05, 4.69) is 72.2 Å². The van der Waals surface area contributed by atoms with Crippen LogP contribution in [0.15, 0.2) is 41.9 Å². The Labute approximate surface area is 380 Å². The molecular formula is C48H62N8O7S. The van der Waals surface area contributed by atoms with Crippen LogP contribution in [-0.4, -0.2) is 131 Å². The minimum Gasteiger partial charge on any atom is -0.464 e. The van der Waals surface area contributed by atoms with Gasteiger partial charge in [0.15, 0.2) is 0 Å². The second-order valence-electron chi connectivity index (χ2n) is 18.5. The summed E-state index contributed by atoms with van der Waals surface area (Å²) >= 11 is 1.43. The molecule has 3 aromatic heterocycles. The molecule has 64 heavy (non-hydrogen) atoms. The monoisotopic (exact) mass is 894 g/mol. The summed E-state index contributed by atoms with van der Waals surface area (Å²) in [4.78, 5) is 67.5. The fraction of sp³-hybridized carbons (Fsp3) is 0.542. The van der Waals surface area contributed by atoms with E-state index in [1.54, 1.807) is 18.2 Å². The highest BCUT2D eigenvalue weighted by Crippen LogP contribution is 2.42. The number of fused-ring (bicyclic) bond motifs is 6. The van der Waals surface area contributed by atoms with Crippen molar-refractivity contribution in [1.29, 1.82) is 0 Å². The Balaban J connectivity index is 1.14. The van der Waals surface area contributed by atoms with Gasteiger partial charge in [0, 0.05) is 85.2 Å². The van der Waals surface area contributed by atoms with Gasteiger partial charge in [0.05, 0.1) is 53.1 Å². The first kappa shape index (κ1) is 46.8. The number of aryl methyl sites for hydroxylation is 1. The molecular weight excluding hydrogens is 833 g/mol. The molecule has 0 spiro atoms. The summed E-state index contributed by atoms with van der Waals surface area (Å²) in [6.07, 6.45) is 3.17. The third-order valence-corrected chi connectivity index (χ3v) is 13.5. The van der Waals surface area contributed by atoms with Crippen molar-refractivity contribution in [3.05, 3.63) is 58.2 Å². The lowest BCUT2D eigenvalue weighted by atomic mass is 9.84. The van der Waals surface area contributed by atoms with Gasteiger partial charge in [0.2, 0.25) is 5.91 Å². The molecule has 342 valence electrons. The Morgan fingerprint density at radius 1 is 1.19 bits per heavy atom. The van der Waals surface area contributed by atoms with Gasteiger partial charge in [-0.05, 0) is 96.8 Å². The lowest BCUT2D eigenvalue weighted by Gasteiger charge is -2.37. The Kier molecular flexibility index (Phi) is 14.3. The van der Waals surface area contributed by atoms with E-state index in [0.717, 1.165) is 44.7 Å². The van der Waals surface area contributed by atoms with E-state index < -0.39 is 29.0 Å². The molecule has 3 aliphatic rings. The van der Waals surface area contributed by atoms with Gasteiger partial charge in [0.1, 0.15) is 12.1 Å². The van der Waals surface area contributed by atoms with Crippen molar-refractivity contribution in [2.75, 3.05) is 54.1 Å². The summed E-state index contributed by atoms with van der Waals surface area (Å²) in [6.45, 7) is 14.4. The number of hydrazine groups is 1. The number of carbonyl (C=O) groups excluding carboxylic acids is 4. The largest absolute Gasteiger partial charge is 0.464 e. The number of pyridine rings is 1. The Morgan fingerprint density at radius 3 is 2.70 bits per heavy atom. The normalized spacial score (nSPS) is 20.0. The highest BCUT2D eigenvalue weighted by molar-refractivity contribution is 7.10. The first-order chi connectivity index (χ1) is 30.5. The van der Waals surface area contributed by atoms with Crippen LogP contribution in [0.4, 0.5) is 0 Å². The van der Waals surface area contributed by atoms with Gasteiger partial charge in [-0.2, -0.15) is 0 Å². The zero-order valence-electron chi connectivity index (χ0n) is 38.6. The van der Waals surface area contributed by atoms with Crippen molar-refractivity contribution in [1.82, 2.24) is 40.1 Å². The molecule has 6 heterocycles. The average molecular weight is 895 g/mol. The van der Waals surface area contributed by atoms with Gasteiger partial charge in [-0.1, -0.05) is 25.8 Å². The fourth-order valence-corrected chi connectivity index (χ4v) is 9.11. The van der Waals surface area contributed by atoms with E-state index in [0.29, 0.717) is 50.4 Å². The quantitative estimate of drug-likeness (QED) is 0.160. The number of thiazole rings is 1. The first-order valence-electron chi connectivity index (χ1n) is 22.2. The number of hydrogen-bond donors (Lipinski definition) is 2. The molecule has 0 saturated carbocycles. The maximum atomic E-state index is 14.3. The van der Waals surface area contributed by atoms with Gasteiger partial charge in [-0.25, -0.2) is 10.4 Å². The molecule has 0 radical (unpaired) electrons. The minimum atomic E-state index is -0.966. The summed E-state index contributed by atoms with van der Waals surface area (Å²) in [5.74, 6) is 4.35. The molecule has 3 aliphatic heterocycles. The highest BCUT2D eigenvalue weighted by Gasteiger charge is 2.36. The Bertz CT molecular complexity index is 2440. The maximum Gasteiger partial charge on any atom is 0.324 e. The number of carbonyl (C=O) groups is 4. The summed E-state index contributed by atoms with van der Waals surface area (Å²) in [5.41, 5.74) is 8.96. The average Bonchev–Trinajstić information content (AvgIpc) is 3.85. The van der Waals surface area contributed by atoms with Crippen molar-refractivity contribution in [3.63, 3.8) is 0 Å². The highest BCUT2D eigenvalue weighted by atomic mass is 32.1. The Morgan fingerprint density at radius 2 is 1.97 bits per heavy atom. The standard InChI is InChI=1S/C48H62N8O7S/c1-10-55-39-16-15-31-23-34(39)35(44(55)33-13-11-20-49-43(33)30(2)61-9)25-47(3,4)29-63-46(60)36-14-12-21-56(52-36)45(59)37(24-41-51-38(31)28-64-41)50-40(57)18-22-62-32-26-54(27-32)42(58)17-19-48(5,6)53(7)8/h11,13,15-16,20,23,28,30,32,36-37,52H,10,12,14,18,21-22,24-27,29H2,1-9H3,(H,50,57)/t30?,36-,37-/m0/s1. The minimum absolute atomic E-state index is 0.0129. The molecule has 16 heteroatoms. The van der Waals surface area contributed by atoms with Gasteiger partial charge in [-0.3, -0.25) is 34.1 Å². The van der Waals surface area contributed by atoms with Crippen LogP contribution in [0.25, 0.3) is 33.4 Å². The number of rotatable bonds is 10. The number of aromatic nitrogens is 3. The van der Waals surface area contributed by atoms with E-state index in [9.17, 15) is 19.2 Å². The number of amides is 3. The summed E-state index contributed by atoms with van der Waals surface area (Å²) in [5, 5.41) is 8.13. The van der Waals surface area contributed by atoms with E-state index in [4.69, 9.17) is 24.2 Å². The Hall–Kier alpha value is -5.18. The molecule has 3 amide bonds. The zero-order chi connectivity index (χ0) is 45.9. The van der Waals surface area contributed by atoms with Crippen LogP contribution in [-0.2, 0) is 52.8 Å². The fourth-order valence-electron chi connectivity index (χ4n) is 8.26. The number of esters is 1. The third kappa shape index (κ3) is 10.3. The van der Waals surface area contributed by atoms with Crippen LogP contribution in [0.1, 0.15) is 83.2 Å². The molecule has 1 aromatic carbocycles. The number of nitrogens with zero attached hydrogens (tertiary/aromatic N) is 6. The summed E-state index contributed by atoms with van der Waals surface area (Å²) in [7, 11) is 5.52. The van der Waals surface area contributed by atoms with Gasteiger partial charge in [-0.15, -0.1) is 11.3 Å². The predicted octanol–water partition coefficient (Wildman–Crippen LogP) is 5.16. The van der Waals surface area contributed by atoms with Gasteiger partial charge in [0.25, 0.3) is 11.8 Å². The van der Waals surface area contributed by atoms with E-state index in [-0.39, 0.29) is 56.0 Å². The molecule has 3 atom stereocenters. The third-order valence-electron chi connectivity index (χ3n) is 12.6. The van der Waals surface area contributed by atoms with E-state index in [1.165, 1.54) is 16.3 Å². The van der Waals surface area contributed by atoms with Crippen molar-refractivity contribution < 1.29 is 33.4 Å². The number of ether oxygens (including phenoxy) is 3. The van der Waals surface area contributed by atoms with Crippen LogP contribution < -0.4 is 10.7 Å². The number of cyclic esters (lactones) is 1. The second kappa shape index (κ2) is 19.5. The van der Waals surface area contributed by atoms with Gasteiger partial charge >= 0.3 is 5.97 Å². The molecule has 4 aromatic rings. The molecule has 7 rings (SSSR count). The topological polar surface area (TPSA) is 160 Å². The zero-order valence-corrected chi connectivity index (χ0v) is 39.4. The molecule has 2 N–H and O–H groups in total. The van der Waals surface area contributed by atoms with Crippen LogP contribution in [0.5, 0.6) is 0 Å². The van der Waals surface area contributed by atoms with Crippen molar-refractivity contribution >= 4 is 45.9 Å². The van der Waals surface area contributed by atoms with Crippen molar-refractivity contribution in [2.45, 2.75) is 110 Å². The first-order valence-corrected chi connectivity index (χ1v) is 23.1. The summed E-state index contributed by atoms with van der Waals surface area (Å²) < 4.78 is 20.1. The van der Waals surface area contributed by atoms with Gasteiger partial charge < -0.3 is 29.0 Å². The number of hydrogen-bond acceptors (Lipinski definition) is 12. The number of benzene rings is 1. The van der Waals surface area contributed by atoms with Crippen molar-refractivity contribution in [3.8, 4) is 34.4 Å². The molecule has 2 saturated heterocycles. The second-order valence-corrected chi connectivity index (χ2v) is 19.4. The number of nitrogens with one attached hydrogen (secondary N) is 2. The molecule has 0 aliphatic carbocycles. The number of likely N-dealkylation sites (tertiary alicyclic amines) is 1. The summed E-state index contributed by atoms with van der Waals surface area (Å²) in [6, 6.07) is 8.74. The molecule has 1 unspecified atom stereocenters. The van der Waals surface area contributed by atoms with Crippen LogP contribution in [0.2, 0.25) is 0 Å². The lowest BCUT2D eigenvalue weighted by Crippen LogP contribution is -2.60. The van der Waals surface area contributed by atoms with Crippen LogP contribution in [0.3, 0.4) is 0 Å². The van der Waals surface area contributed by atoms with E-state index >= 15 is 0 Å².